The number of benzene rings is 4. The molecule has 7 nitrogen and oxygen atoms in total. The summed E-state index contributed by atoms with van der Waals surface area (Å²) in [5.74, 6) is -1.03. The van der Waals surface area contributed by atoms with E-state index in [4.69, 9.17) is 9.15 Å². The number of nitrogens with zero attached hydrogens (tertiary/aromatic N) is 2. The molecule has 1 aromatic heterocycles. The normalized spacial score (nSPS) is 11.1. The van der Waals surface area contributed by atoms with E-state index in [0.717, 1.165) is 10.8 Å². The topological polar surface area (TPSA) is 80.1 Å². The van der Waals surface area contributed by atoms with Crippen LogP contribution in [-0.4, -0.2) is 48.4 Å². The maximum absolute atomic E-state index is 13.9. The van der Waals surface area contributed by atoms with Gasteiger partial charge in [0.25, 0.3) is 5.91 Å². The van der Waals surface area contributed by atoms with Gasteiger partial charge in [-0.05, 0) is 59.2 Å². The fourth-order valence-electron chi connectivity index (χ4n) is 4.90. The first-order valence-electron chi connectivity index (χ1n) is 13.7. The van der Waals surface area contributed by atoms with Gasteiger partial charge < -0.3 is 19.0 Å². The lowest BCUT2D eigenvalue weighted by Gasteiger charge is -2.28. The van der Waals surface area contributed by atoms with Gasteiger partial charge in [-0.15, -0.1) is 0 Å². The molecule has 5 aromatic rings. The Balaban J connectivity index is 1.44. The summed E-state index contributed by atoms with van der Waals surface area (Å²) in [4.78, 5) is 43.8. The van der Waals surface area contributed by atoms with Gasteiger partial charge in [0, 0.05) is 32.4 Å². The van der Waals surface area contributed by atoms with Crippen LogP contribution in [0.15, 0.2) is 106 Å². The number of amides is 2. The van der Waals surface area contributed by atoms with Crippen LogP contribution >= 0.6 is 0 Å². The van der Waals surface area contributed by atoms with Crippen LogP contribution in [0, 0.1) is 5.82 Å². The van der Waals surface area contributed by atoms with Gasteiger partial charge in [0.2, 0.25) is 5.91 Å². The Labute approximate surface area is 242 Å². The highest BCUT2D eigenvalue weighted by molar-refractivity contribution is 6.00. The van der Waals surface area contributed by atoms with Crippen molar-refractivity contribution in [2.24, 2.45) is 0 Å². The van der Waals surface area contributed by atoms with E-state index in [1.165, 1.54) is 28.2 Å². The Morgan fingerprint density at radius 3 is 2.38 bits per heavy atom. The number of hydrogen-bond acceptors (Lipinski definition) is 5. The van der Waals surface area contributed by atoms with Crippen molar-refractivity contribution in [3.63, 3.8) is 0 Å². The molecule has 42 heavy (non-hydrogen) atoms. The second-order valence-corrected chi connectivity index (χ2v) is 10.1. The highest BCUT2D eigenvalue weighted by Crippen LogP contribution is 2.19. The van der Waals surface area contributed by atoms with Gasteiger partial charge in [0.05, 0.1) is 23.8 Å². The molecule has 0 saturated carbocycles. The molecule has 0 aliphatic rings. The third-order valence-corrected chi connectivity index (χ3v) is 7.14. The predicted octanol–water partition coefficient (Wildman–Crippen LogP) is 5.79. The van der Waals surface area contributed by atoms with Crippen LogP contribution in [0.5, 0.6) is 0 Å². The van der Waals surface area contributed by atoms with Crippen LogP contribution in [0.1, 0.15) is 27.9 Å². The summed E-state index contributed by atoms with van der Waals surface area (Å²) in [7, 11) is 1.58. The summed E-state index contributed by atoms with van der Waals surface area (Å²) >= 11 is 0. The molecule has 214 valence electrons. The minimum Gasteiger partial charge on any atom is -0.464 e. The molecule has 0 spiro atoms. The number of carbonyl (C=O) groups excluding carboxylic acids is 2. The molecule has 0 atom stereocenters. The highest BCUT2D eigenvalue weighted by Gasteiger charge is 2.24. The van der Waals surface area contributed by atoms with Crippen LogP contribution in [0.3, 0.4) is 0 Å². The zero-order chi connectivity index (χ0) is 29.5. The van der Waals surface area contributed by atoms with E-state index < -0.39 is 5.82 Å². The third-order valence-electron chi connectivity index (χ3n) is 7.14. The van der Waals surface area contributed by atoms with E-state index in [0.29, 0.717) is 47.2 Å². The molecule has 0 aliphatic carbocycles. The third kappa shape index (κ3) is 6.72. The van der Waals surface area contributed by atoms with E-state index in [-0.39, 0.29) is 36.9 Å². The molecule has 0 unspecified atom stereocenters. The number of halogens is 1. The standard InChI is InChI=1S/C34H31FN2O5/c1-41-18-6-17-36(34(40)27-14-13-25-7-2-3-8-26(25)19-27)22-32(38)37(20-24-11-15-29(35)16-12-24)21-28-23-42-31-10-5-4-9-30(31)33(28)39/h2-5,7-16,19,23H,6,17-18,20-22H2,1H3. The number of carbonyl (C=O) groups is 2. The molecule has 5 rings (SSSR count). The largest absolute Gasteiger partial charge is 0.464 e. The Hall–Kier alpha value is -4.82. The maximum atomic E-state index is 13.9. The molecular weight excluding hydrogens is 535 g/mol. The van der Waals surface area contributed by atoms with Crippen molar-refractivity contribution in [1.82, 2.24) is 9.80 Å². The van der Waals surface area contributed by atoms with E-state index >= 15 is 0 Å². The first-order chi connectivity index (χ1) is 20.4. The summed E-state index contributed by atoms with van der Waals surface area (Å²) in [5, 5.41) is 2.35. The van der Waals surface area contributed by atoms with E-state index in [1.54, 1.807) is 49.6 Å². The SMILES string of the molecule is COCCCN(CC(=O)N(Cc1ccc(F)cc1)Cc1coc2ccccc2c1=O)C(=O)c1ccc2ccccc2c1. The molecule has 0 radical (unpaired) electrons. The predicted molar refractivity (Wildman–Crippen MR) is 159 cm³/mol. The molecule has 0 fully saturated rings. The average molecular weight is 567 g/mol. The number of para-hydroxylation sites is 1. The first kappa shape index (κ1) is 28.7. The van der Waals surface area contributed by atoms with E-state index in [9.17, 15) is 18.8 Å². The van der Waals surface area contributed by atoms with Crippen molar-refractivity contribution in [2.45, 2.75) is 19.5 Å². The highest BCUT2D eigenvalue weighted by atomic mass is 19.1. The Bertz CT molecular complexity index is 1770. The molecule has 0 N–H and O–H groups in total. The fourth-order valence-corrected chi connectivity index (χ4v) is 4.90. The Morgan fingerprint density at radius 1 is 0.857 bits per heavy atom. The van der Waals surface area contributed by atoms with Crippen LogP contribution in [0.25, 0.3) is 21.7 Å². The lowest BCUT2D eigenvalue weighted by Crippen LogP contribution is -2.43. The summed E-state index contributed by atoms with van der Waals surface area (Å²) in [5.41, 5.74) is 1.67. The molecule has 0 bridgehead atoms. The van der Waals surface area contributed by atoms with Crippen LogP contribution in [0.2, 0.25) is 0 Å². The molecule has 8 heteroatoms. The zero-order valence-electron chi connectivity index (χ0n) is 23.3. The number of fused-ring (bicyclic) bond motifs is 2. The lowest BCUT2D eigenvalue weighted by molar-refractivity contribution is -0.133. The second-order valence-electron chi connectivity index (χ2n) is 10.1. The van der Waals surface area contributed by atoms with Crippen LogP contribution in [-0.2, 0) is 22.6 Å². The lowest BCUT2D eigenvalue weighted by atomic mass is 10.1. The van der Waals surface area contributed by atoms with Gasteiger partial charge in [-0.25, -0.2) is 4.39 Å². The van der Waals surface area contributed by atoms with Gasteiger partial charge in [-0.1, -0.05) is 54.6 Å². The minimum absolute atomic E-state index is 0.0422. The van der Waals surface area contributed by atoms with Crippen molar-refractivity contribution >= 4 is 33.6 Å². The Kier molecular flexibility index (Phi) is 9.04. The number of methoxy groups -OCH3 is 1. The fraction of sp³-hybridized carbons (Fsp3) is 0.206. The minimum atomic E-state index is -0.392. The van der Waals surface area contributed by atoms with Crippen molar-refractivity contribution in [2.75, 3.05) is 26.8 Å². The zero-order valence-corrected chi connectivity index (χ0v) is 23.3. The number of ether oxygens (including phenoxy) is 1. The van der Waals surface area contributed by atoms with Gasteiger partial charge >= 0.3 is 0 Å². The maximum Gasteiger partial charge on any atom is 0.254 e. The molecule has 0 aliphatic heterocycles. The van der Waals surface area contributed by atoms with Crippen molar-refractivity contribution in [3.05, 3.63) is 130 Å². The van der Waals surface area contributed by atoms with Gasteiger partial charge in [-0.3, -0.25) is 14.4 Å². The Morgan fingerprint density at radius 2 is 1.60 bits per heavy atom. The molecule has 0 saturated heterocycles. The quantitative estimate of drug-likeness (QED) is 0.189. The van der Waals surface area contributed by atoms with Crippen LogP contribution in [0.4, 0.5) is 4.39 Å². The van der Waals surface area contributed by atoms with Crippen molar-refractivity contribution in [1.29, 1.82) is 0 Å². The van der Waals surface area contributed by atoms with E-state index in [2.05, 4.69) is 0 Å². The summed E-state index contributed by atoms with van der Waals surface area (Å²) in [6, 6.07) is 26.0. The van der Waals surface area contributed by atoms with E-state index in [1.807, 2.05) is 36.4 Å². The monoisotopic (exact) mass is 566 g/mol. The molecule has 2 amide bonds. The van der Waals surface area contributed by atoms with Gasteiger partial charge in [-0.2, -0.15) is 0 Å². The summed E-state index contributed by atoms with van der Waals surface area (Å²) in [6.45, 7) is 0.581. The summed E-state index contributed by atoms with van der Waals surface area (Å²) < 4.78 is 24.5. The molecular formula is C34H31FN2O5. The second kappa shape index (κ2) is 13.2. The summed E-state index contributed by atoms with van der Waals surface area (Å²) in [6.07, 6.45) is 1.90. The first-order valence-corrected chi connectivity index (χ1v) is 13.7. The van der Waals surface area contributed by atoms with Crippen molar-refractivity contribution in [3.8, 4) is 0 Å². The number of hydrogen-bond donors (Lipinski definition) is 0. The number of rotatable bonds is 11. The van der Waals surface area contributed by atoms with Crippen LogP contribution < -0.4 is 5.43 Å². The smallest absolute Gasteiger partial charge is 0.254 e. The molecule has 4 aromatic carbocycles. The van der Waals surface area contributed by atoms with Gasteiger partial charge in [0.1, 0.15) is 17.9 Å². The van der Waals surface area contributed by atoms with Gasteiger partial charge in [0.15, 0.2) is 5.43 Å². The van der Waals surface area contributed by atoms with Crippen molar-refractivity contribution < 1.29 is 23.1 Å². The molecule has 1 heterocycles. The average Bonchev–Trinajstić information content (AvgIpc) is 3.02.